The van der Waals surface area contributed by atoms with Crippen LogP contribution in [0.5, 0.6) is 0 Å². The molecule has 0 N–H and O–H groups in total. The zero-order valence-electron chi connectivity index (χ0n) is 32.4. The Kier molecular flexibility index (Phi) is 7.52. The maximum Gasteiger partial charge on any atom is 0.160 e. The van der Waals surface area contributed by atoms with E-state index in [0.29, 0.717) is 22.6 Å². The predicted molar refractivity (Wildman–Crippen MR) is 244 cm³/mol. The number of furan rings is 1. The Bertz CT molecular complexity index is 3790. The summed E-state index contributed by atoms with van der Waals surface area (Å²) in [6, 6.07) is 65.7. The maximum atomic E-state index is 11.1. The summed E-state index contributed by atoms with van der Waals surface area (Å²) in [6.07, 6.45) is 0. The van der Waals surface area contributed by atoms with E-state index in [1.54, 1.807) is 0 Å². The van der Waals surface area contributed by atoms with E-state index in [-0.39, 0.29) is 0 Å². The third-order valence-electron chi connectivity index (χ3n) is 11.8. The summed E-state index contributed by atoms with van der Waals surface area (Å²) in [5, 5.41) is 27.1. The van der Waals surface area contributed by atoms with Gasteiger partial charge in [0, 0.05) is 43.9 Å². The molecule has 0 unspecified atom stereocenters. The van der Waals surface area contributed by atoms with Gasteiger partial charge in [0.1, 0.15) is 17.2 Å². The number of fused-ring (bicyclic) bond motifs is 12. The van der Waals surface area contributed by atoms with Crippen molar-refractivity contribution < 1.29 is 4.42 Å². The summed E-state index contributed by atoms with van der Waals surface area (Å²) in [7, 11) is 0. The summed E-state index contributed by atoms with van der Waals surface area (Å²) in [6.45, 7) is 0. The van der Waals surface area contributed by atoms with Crippen LogP contribution in [-0.4, -0.2) is 19.1 Å². The van der Waals surface area contributed by atoms with Gasteiger partial charge in [-0.2, -0.15) is 10.5 Å². The minimum absolute atomic E-state index is 0.490. The highest BCUT2D eigenvalue weighted by molar-refractivity contribution is 6.39. The molecule has 61 heavy (non-hydrogen) atoms. The molecular weight excluding hydrogens is 749 g/mol. The van der Waals surface area contributed by atoms with Crippen LogP contribution < -0.4 is 0 Å². The molecule has 0 amide bonds. The van der Waals surface area contributed by atoms with Gasteiger partial charge in [-0.1, -0.05) is 127 Å². The highest BCUT2D eigenvalue weighted by atomic mass is 16.3. The van der Waals surface area contributed by atoms with Crippen molar-refractivity contribution in [1.29, 1.82) is 10.5 Å². The molecule has 0 spiro atoms. The van der Waals surface area contributed by atoms with Crippen molar-refractivity contribution in [3.63, 3.8) is 0 Å². The van der Waals surface area contributed by atoms with Crippen LogP contribution in [0.3, 0.4) is 0 Å². The van der Waals surface area contributed by atoms with Gasteiger partial charge in [-0.05, 0) is 54.6 Å². The standard InChI is InChI=1S/C54H30N6O/c55-31-33-14-13-19-38(28-33)59-45-23-10-7-20-39(45)48-51(59)50-41-22-9-12-25-47(41)61-53(50)49-40-21-8-11-24-46(40)60(52(48)49)44-27-26-36(29-37(44)32-56)43-30-42(34-15-3-1-4-16-34)57-54(58-43)35-17-5-2-6-18-35/h1-30H. The molecule has 0 saturated heterocycles. The van der Waals surface area contributed by atoms with E-state index >= 15 is 0 Å². The fraction of sp³-hybridized carbons (Fsp3) is 0. The van der Waals surface area contributed by atoms with E-state index < -0.39 is 0 Å². The Hall–Kier alpha value is -8.78. The number of nitrogens with zero attached hydrogens (tertiary/aromatic N) is 6. The molecule has 0 saturated carbocycles. The van der Waals surface area contributed by atoms with Crippen molar-refractivity contribution in [2.24, 2.45) is 0 Å². The number of nitriles is 2. The minimum atomic E-state index is 0.490. The number of para-hydroxylation sites is 3. The second kappa shape index (κ2) is 13.4. The van der Waals surface area contributed by atoms with Crippen LogP contribution in [0, 0.1) is 22.7 Å². The highest BCUT2D eigenvalue weighted by Crippen LogP contribution is 2.49. The van der Waals surface area contributed by atoms with Crippen molar-refractivity contribution in [1.82, 2.24) is 19.1 Å². The van der Waals surface area contributed by atoms with Crippen molar-refractivity contribution >= 4 is 65.6 Å². The van der Waals surface area contributed by atoms with E-state index in [4.69, 9.17) is 14.4 Å². The molecular formula is C54H30N6O. The van der Waals surface area contributed by atoms with Crippen molar-refractivity contribution in [2.75, 3.05) is 0 Å². The summed E-state index contributed by atoms with van der Waals surface area (Å²) < 4.78 is 11.4. The molecule has 12 aromatic rings. The maximum absolute atomic E-state index is 11.1. The number of benzene rings is 8. The van der Waals surface area contributed by atoms with Gasteiger partial charge in [0.05, 0.1) is 67.1 Å². The van der Waals surface area contributed by atoms with Gasteiger partial charge in [0.2, 0.25) is 0 Å². The lowest BCUT2D eigenvalue weighted by molar-refractivity contribution is 0.673. The Balaban J connectivity index is 1.20. The van der Waals surface area contributed by atoms with Gasteiger partial charge >= 0.3 is 0 Å². The second-order valence-corrected chi connectivity index (χ2v) is 15.2. The average Bonchev–Trinajstić information content (AvgIpc) is 4.00. The topological polar surface area (TPSA) is 96.4 Å². The molecule has 0 aliphatic heterocycles. The van der Waals surface area contributed by atoms with Gasteiger partial charge < -0.3 is 13.6 Å². The first-order valence-corrected chi connectivity index (χ1v) is 20.0. The molecule has 7 nitrogen and oxygen atoms in total. The minimum Gasteiger partial charge on any atom is -0.455 e. The second-order valence-electron chi connectivity index (χ2n) is 15.2. The SMILES string of the molecule is N#Cc1cccc(-n2c3ccccc3c3c4c(c5ccccc5n4-c4ccc(-c5cc(-c6ccccc6)nc(-c6ccccc6)n5)cc4C#N)c4oc5ccccc5c4c32)c1. The van der Waals surface area contributed by atoms with Gasteiger partial charge in [-0.3, -0.25) is 0 Å². The molecule has 4 heterocycles. The highest BCUT2D eigenvalue weighted by Gasteiger charge is 2.28. The Labute approximate surface area is 348 Å². The van der Waals surface area contributed by atoms with E-state index in [2.05, 4.69) is 75.9 Å². The van der Waals surface area contributed by atoms with E-state index in [1.807, 2.05) is 127 Å². The number of hydrogen-bond donors (Lipinski definition) is 0. The molecule has 4 aromatic heterocycles. The fourth-order valence-corrected chi connectivity index (χ4v) is 9.16. The lowest BCUT2D eigenvalue weighted by Gasteiger charge is -2.14. The van der Waals surface area contributed by atoms with Crippen LogP contribution in [0.15, 0.2) is 186 Å². The Morgan fingerprint density at radius 2 is 1.07 bits per heavy atom. The van der Waals surface area contributed by atoms with Gasteiger partial charge in [0.15, 0.2) is 5.82 Å². The van der Waals surface area contributed by atoms with Gasteiger partial charge in [-0.25, -0.2) is 9.97 Å². The molecule has 0 aliphatic rings. The van der Waals surface area contributed by atoms with Gasteiger partial charge in [-0.15, -0.1) is 0 Å². The third-order valence-corrected chi connectivity index (χ3v) is 11.8. The molecule has 0 radical (unpaired) electrons. The quantitative estimate of drug-likeness (QED) is 0.173. The van der Waals surface area contributed by atoms with Crippen molar-refractivity contribution in [2.45, 2.75) is 0 Å². The molecule has 0 aliphatic carbocycles. The van der Waals surface area contributed by atoms with Crippen molar-refractivity contribution in [3.8, 4) is 57.4 Å². The van der Waals surface area contributed by atoms with Crippen LogP contribution in [0.4, 0.5) is 0 Å². The average molecular weight is 779 g/mol. The first kappa shape index (κ1) is 34.3. The molecule has 282 valence electrons. The largest absolute Gasteiger partial charge is 0.455 e. The molecule has 12 rings (SSSR count). The van der Waals surface area contributed by atoms with Crippen LogP contribution in [0.1, 0.15) is 11.1 Å². The number of aromatic nitrogens is 4. The van der Waals surface area contributed by atoms with Gasteiger partial charge in [0.25, 0.3) is 0 Å². The summed E-state index contributed by atoms with van der Waals surface area (Å²) in [5.41, 5.74) is 12.2. The van der Waals surface area contributed by atoms with Crippen LogP contribution in [0.25, 0.3) is 111 Å². The zero-order chi connectivity index (χ0) is 40.6. The number of rotatable bonds is 5. The van der Waals surface area contributed by atoms with E-state index in [1.165, 1.54) is 0 Å². The van der Waals surface area contributed by atoms with E-state index in [0.717, 1.165) is 99.3 Å². The number of hydrogen-bond acceptors (Lipinski definition) is 5. The molecule has 0 atom stereocenters. The fourth-order valence-electron chi connectivity index (χ4n) is 9.16. The molecule has 8 aromatic carbocycles. The molecule has 7 heteroatoms. The molecule has 0 bridgehead atoms. The monoisotopic (exact) mass is 778 g/mol. The summed E-state index contributed by atoms with van der Waals surface area (Å²) in [5.74, 6) is 0.607. The first-order chi connectivity index (χ1) is 30.2. The first-order valence-electron chi connectivity index (χ1n) is 20.0. The summed E-state index contributed by atoms with van der Waals surface area (Å²) in [4.78, 5) is 10.1. The van der Waals surface area contributed by atoms with Crippen LogP contribution in [-0.2, 0) is 0 Å². The van der Waals surface area contributed by atoms with E-state index in [9.17, 15) is 10.5 Å². The van der Waals surface area contributed by atoms with Crippen LogP contribution in [0.2, 0.25) is 0 Å². The van der Waals surface area contributed by atoms with Crippen molar-refractivity contribution in [3.05, 3.63) is 193 Å². The Morgan fingerprint density at radius 3 is 1.80 bits per heavy atom. The smallest absolute Gasteiger partial charge is 0.160 e. The normalized spacial score (nSPS) is 11.6. The zero-order valence-corrected chi connectivity index (χ0v) is 32.4. The lowest BCUT2D eigenvalue weighted by atomic mass is 10.0. The van der Waals surface area contributed by atoms with Crippen LogP contribution >= 0.6 is 0 Å². The predicted octanol–water partition coefficient (Wildman–Crippen LogP) is 13.3. The lowest BCUT2D eigenvalue weighted by Crippen LogP contribution is -2.00. The summed E-state index contributed by atoms with van der Waals surface area (Å²) >= 11 is 0. The molecule has 0 fully saturated rings. The Morgan fingerprint density at radius 1 is 0.459 bits per heavy atom. The third kappa shape index (κ3) is 5.15.